The molecule has 2 aromatic rings. The minimum atomic E-state index is -1.63. The third-order valence-electron chi connectivity index (χ3n) is 5.45. The zero-order chi connectivity index (χ0) is 25.5. The average molecular weight is 497 g/mol. The van der Waals surface area contributed by atoms with Crippen LogP contribution >= 0.6 is 0 Å². The van der Waals surface area contributed by atoms with Gasteiger partial charge >= 0.3 is 0 Å². The summed E-state index contributed by atoms with van der Waals surface area (Å²) in [6.07, 6.45) is 1.46. The summed E-state index contributed by atoms with van der Waals surface area (Å²) in [5, 5.41) is 0. The van der Waals surface area contributed by atoms with Crippen molar-refractivity contribution >= 4 is 39.4 Å². The van der Waals surface area contributed by atoms with Crippen LogP contribution in [-0.4, -0.2) is 41.3 Å². The molecule has 0 aliphatic carbocycles. The molecule has 0 heterocycles. The normalized spacial score (nSPS) is 13.5. The van der Waals surface area contributed by atoms with Gasteiger partial charge in [0.1, 0.15) is 0 Å². The van der Waals surface area contributed by atoms with Crippen LogP contribution in [0.25, 0.3) is 0 Å². The Hall–Kier alpha value is -1.87. The molecule has 2 aromatic carbocycles. The molecule has 0 aromatic heterocycles. The largest absolute Gasteiger partial charge is 0.417 e. The zero-order valence-electron chi connectivity index (χ0n) is 23.0. The van der Waals surface area contributed by atoms with Crippen LogP contribution in [0.2, 0.25) is 39.3 Å². The molecule has 0 spiro atoms. The summed E-state index contributed by atoms with van der Waals surface area (Å²) in [6.45, 7) is 23.2. The van der Waals surface area contributed by atoms with E-state index in [1.54, 1.807) is 0 Å². The molecule has 0 radical (unpaired) electrons. The molecular formula is C28H44N2O2Si2. The highest BCUT2D eigenvalue weighted by Crippen LogP contribution is 2.27. The number of aliphatic imine (C=N–C) groups is 2. The molecular weight excluding hydrogens is 452 g/mol. The van der Waals surface area contributed by atoms with Crippen molar-refractivity contribution in [3.63, 3.8) is 0 Å². The number of hydrogen-bond acceptors (Lipinski definition) is 4. The molecule has 0 amide bonds. The third kappa shape index (κ3) is 9.41. The Morgan fingerprint density at radius 2 is 0.882 bits per heavy atom. The van der Waals surface area contributed by atoms with Crippen LogP contribution in [0.5, 0.6) is 0 Å². The SMILES string of the molecule is Cc1cccc(C)c1N=C(CCO[Si](C)(C)C)C(CCO[Si](C)(C)C)=Nc1c(C)cccc1C. The first-order valence-electron chi connectivity index (χ1n) is 12.3. The first-order valence-corrected chi connectivity index (χ1v) is 19.1. The second kappa shape index (κ2) is 12.2. The number of hydrogen-bond donors (Lipinski definition) is 0. The highest BCUT2D eigenvalue weighted by molar-refractivity contribution is 6.70. The van der Waals surface area contributed by atoms with Crippen LogP contribution in [0.3, 0.4) is 0 Å². The van der Waals surface area contributed by atoms with Crippen LogP contribution in [0.4, 0.5) is 11.4 Å². The fourth-order valence-electron chi connectivity index (χ4n) is 3.67. The maximum atomic E-state index is 6.24. The van der Waals surface area contributed by atoms with E-state index in [1.807, 2.05) is 0 Å². The Morgan fingerprint density at radius 1 is 0.588 bits per heavy atom. The number of rotatable bonds is 11. The van der Waals surface area contributed by atoms with Crippen molar-refractivity contribution in [2.45, 2.75) is 79.8 Å². The van der Waals surface area contributed by atoms with E-state index in [-0.39, 0.29) is 0 Å². The molecule has 0 aliphatic heterocycles. The summed E-state index contributed by atoms with van der Waals surface area (Å²) in [7, 11) is -3.26. The van der Waals surface area contributed by atoms with Crippen molar-refractivity contribution in [3.05, 3.63) is 58.7 Å². The summed E-state index contributed by atoms with van der Waals surface area (Å²) in [5.41, 5.74) is 8.76. The van der Waals surface area contributed by atoms with E-state index in [4.69, 9.17) is 18.8 Å². The Labute approximate surface area is 209 Å². The van der Waals surface area contributed by atoms with E-state index in [9.17, 15) is 0 Å². The van der Waals surface area contributed by atoms with Gasteiger partial charge in [-0.3, -0.25) is 9.98 Å². The maximum Gasteiger partial charge on any atom is 0.183 e. The Bertz CT molecular complexity index is 908. The number of aryl methyl sites for hydroxylation is 4. The fourth-order valence-corrected chi connectivity index (χ4v) is 5.10. The molecule has 0 bridgehead atoms. The topological polar surface area (TPSA) is 43.2 Å². The van der Waals surface area contributed by atoms with E-state index in [0.29, 0.717) is 13.2 Å². The second-order valence-corrected chi connectivity index (χ2v) is 20.0. The minimum absolute atomic E-state index is 0.653. The molecule has 0 atom stereocenters. The Balaban J connectivity index is 2.58. The molecule has 6 heteroatoms. The quantitative estimate of drug-likeness (QED) is 0.232. The van der Waals surface area contributed by atoms with Gasteiger partial charge in [0.2, 0.25) is 0 Å². The van der Waals surface area contributed by atoms with Gasteiger partial charge in [-0.05, 0) is 89.2 Å². The molecule has 186 valence electrons. The van der Waals surface area contributed by atoms with E-state index in [2.05, 4.69) is 103 Å². The maximum absolute atomic E-state index is 6.24. The molecule has 0 fully saturated rings. The van der Waals surface area contributed by atoms with Gasteiger partial charge in [-0.1, -0.05) is 36.4 Å². The van der Waals surface area contributed by atoms with E-state index >= 15 is 0 Å². The molecule has 0 N–H and O–H groups in total. The van der Waals surface area contributed by atoms with E-state index < -0.39 is 16.6 Å². The van der Waals surface area contributed by atoms with Gasteiger partial charge in [0.15, 0.2) is 16.6 Å². The highest BCUT2D eigenvalue weighted by atomic mass is 28.4. The van der Waals surface area contributed by atoms with Crippen molar-refractivity contribution in [3.8, 4) is 0 Å². The Morgan fingerprint density at radius 3 is 1.15 bits per heavy atom. The van der Waals surface area contributed by atoms with Crippen molar-refractivity contribution in [1.82, 2.24) is 0 Å². The van der Waals surface area contributed by atoms with Gasteiger partial charge in [-0.25, -0.2) is 0 Å². The molecule has 34 heavy (non-hydrogen) atoms. The predicted molar refractivity (Wildman–Crippen MR) is 154 cm³/mol. The lowest BCUT2D eigenvalue weighted by Gasteiger charge is -2.20. The van der Waals surface area contributed by atoms with Crippen molar-refractivity contribution in [2.24, 2.45) is 9.98 Å². The van der Waals surface area contributed by atoms with Crippen molar-refractivity contribution < 1.29 is 8.85 Å². The zero-order valence-corrected chi connectivity index (χ0v) is 25.0. The highest BCUT2D eigenvalue weighted by Gasteiger charge is 2.19. The molecule has 0 unspecified atom stereocenters. The number of nitrogens with zero attached hydrogens (tertiary/aromatic N) is 2. The number of para-hydroxylation sites is 2. The summed E-state index contributed by atoms with van der Waals surface area (Å²) in [4.78, 5) is 10.5. The number of benzene rings is 2. The van der Waals surface area contributed by atoms with Crippen LogP contribution in [0.1, 0.15) is 35.1 Å². The van der Waals surface area contributed by atoms with E-state index in [1.165, 1.54) is 22.3 Å². The standard InChI is InChI=1S/C28H44N2O2Si2/c1-21-13-11-14-22(2)27(21)29-25(17-19-31-33(5,6)7)26(18-20-32-34(8,9)10)30-28-23(3)15-12-16-24(28)4/h11-16H,17-20H2,1-10H3. The lowest BCUT2D eigenvalue weighted by molar-refractivity contribution is 0.320. The van der Waals surface area contributed by atoms with Crippen LogP contribution in [-0.2, 0) is 8.85 Å². The molecule has 4 nitrogen and oxygen atoms in total. The summed E-state index contributed by atoms with van der Waals surface area (Å²) in [6, 6.07) is 12.7. The summed E-state index contributed by atoms with van der Waals surface area (Å²) < 4.78 is 12.5. The van der Waals surface area contributed by atoms with Gasteiger partial charge in [0.05, 0.1) is 22.8 Å². The Kier molecular flexibility index (Phi) is 10.2. The van der Waals surface area contributed by atoms with Crippen LogP contribution in [0.15, 0.2) is 46.4 Å². The molecule has 0 saturated carbocycles. The molecule has 0 aliphatic rings. The third-order valence-corrected chi connectivity index (χ3v) is 7.59. The first kappa shape index (κ1) is 28.4. The monoisotopic (exact) mass is 496 g/mol. The lowest BCUT2D eigenvalue weighted by Crippen LogP contribution is -2.29. The molecule has 0 saturated heterocycles. The predicted octanol–water partition coefficient (Wildman–Crippen LogP) is 8.25. The smallest absolute Gasteiger partial charge is 0.183 e. The average Bonchev–Trinajstić information content (AvgIpc) is 2.69. The molecule has 2 rings (SSSR count). The lowest BCUT2D eigenvalue weighted by atomic mass is 10.1. The van der Waals surface area contributed by atoms with Gasteiger partial charge in [-0.2, -0.15) is 0 Å². The van der Waals surface area contributed by atoms with Crippen LogP contribution in [0, 0.1) is 27.7 Å². The van der Waals surface area contributed by atoms with Gasteiger partial charge in [0.25, 0.3) is 0 Å². The summed E-state index contributed by atoms with van der Waals surface area (Å²) in [5.74, 6) is 0. The van der Waals surface area contributed by atoms with Gasteiger partial charge < -0.3 is 8.85 Å². The second-order valence-electron chi connectivity index (χ2n) is 11.0. The van der Waals surface area contributed by atoms with Gasteiger partial charge in [0, 0.05) is 26.1 Å². The minimum Gasteiger partial charge on any atom is -0.417 e. The summed E-state index contributed by atoms with van der Waals surface area (Å²) >= 11 is 0. The fraction of sp³-hybridized carbons (Fsp3) is 0.500. The first-order chi connectivity index (χ1) is 15.8. The van der Waals surface area contributed by atoms with Crippen molar-refractivity contribution in [2.75, 3.05) is 13.2 Å². The van der Waals surface area contributed by atoms with E-state index in [0.717, 1.165) is 35.6 Å². The van der Waals surface area contributed by atoms with Gasteiger partial charge in [-0.15, -0.1) is 0 Å². The van der Waals surface area contributed by atoms with Crippen molar-refractivity contribution in [1.29, 1.82) is 0 Å². The van der Waals surface area contributed by atoms with Crippen LogP contribution < -0.4 is 0 Å².